The Morgan fingerprint density at radius 2 is 1.70 bits per heavy atom. The number of halogens is 8. The van der Waals surface area contributed by atoms with Gasteiger partial charge in [0.05, 0.1) is 18.7 Å². The van der Waals surface area contributed by atoms with E-state index >= 15 is 0 Å². The van der Waals surface area contributed by atoms with E-state index < -0.39 is 47.9 Å². The highest BCUT2D eigenvalue weighted by Crippen LogP contribution is 2.41. The van der Waals surface area contributed by atoms with Crippen molar-refractivity contribution in [3.8, 4) is 0 Å². The fraction of sp³-hybridized carbons (Fsp3) is 0.524. The Morgan fingerprint density at radius 1 is 1.03 bits per heavy atom. The summed E-state index contributed by atoms with van der Waals surface area (Å²) in [5.74, 6) is -4.73. The molecule has 33 heavy (non-hydrogen) atoms. The Labute approximate surface area is 183 Å². The van der Waals surface area contributed by atoms with Crippen LogP contribution >= 0.6 is 0 Å². The van der Waals surface area contributed by atoms with E-state index in [0.29, 0.717) is 17.2 Å². The van der Waals surface area contributed by atoms with Crippen LogP contribution in [0.5, 0.6) is 0 Å². The van der Waals surface area contributed by atoms with Gasteiger partial charge in [0.2, 0.25) is 0 Å². The molecule has 3 aliphatic rings. The van der Waals surface area contributed by atoms with E-state index in [1.807, 2.05) is 0 Å². The fourth-order valence-corrected chi connectivity index (χ4v) is 4.71. The van der Waals surface area contributed by atoms with Gasteiger partial charge in [-0.3, -0.25) is 14.7 Å². The number of hydrogen-bond donors (Lipinski definition) is 0. The molecular weight excluding hydrogens is 462 g/mol. The molecular formula is C21H19F8N3O. The lowest BCUT2D eigenvalue weighted by molar-refractivity contribution is -0.143. The molecule has 3 aliphatic heterocycles. The molecule has 4 rings (SSSR count). The van der Waals surface area contributed by atoms with Crippen LogP contribution in [0, 0.1) is 11.6 Å². The summed E-state index contributed by atoms with van der Waals surface area (Å²) in [5, 5.41) is 0. The first-order chi connectivity index (χ1) is 15.3. The molecule has 1 amide bonds. The highest BCUT2D eigenvalue weighted by Gasteiger charge is 2.42. The van der Waals surface area contributed by atoms with Crippen molar-refractivity contribution in [2.24, 2.45) is 4.99 Å². The molecule has 3 heterocycles. The average molecular weight is 481 g/mol. The third kappa shape index (κ3) is 4.75. The number of piperidine rings is 1. The van der Waals surface area contributed by atoms with Crippen molar-refractivity contribution in [1.29, 1.82) is 0 Å². The fourth-order valence-electron chi connectivity index (χ4n) is 4.71. The van der Waals surface area contributed by atoms with Crippen LogP contribution in [-0.2, 0) is 11.0 Å². The minimum Gasteiger partial charge on any atom is -0.337 e. The zero-order chi connectivity index (χ0) is 24.1. The quantitative estimate of drug-likeness (QED) is 0.604. The summed E-state index contributed by atoms with van der Waals surface area (Å²) >= 11 is 0. The van der Waals surface area contributed by atoms with Gasteiger partial charge in [0.1, 0.15) is 5.71 Å². The van der Waals surface area contributed by atoms with Gasteiger partial charge in [-0.05, 0) is 41.5 Å². The number of alkyl halides is 6. The molecule has 0 bridgehead atoms. The molecule has 0 saturated carbocycles. The standard InChI is InChI=1S/C21H19F8N3O/c22-15-2-1-13(16(17(15)23)21(27,28)29)11-3-5-32(6-4-11)19(33)18-14-9-31(10-20(24,25)26)8-12(14)7-30-18/h1-2,11H,3-10H2. The van der Waals surface area contributed by atoms with Gasteiger partial charge in [0.25, 0.3) is 5.91 Å². The van der Waals surface area contributed by atoms with Crippen LogP contribution in [0.1, 0.15) is 29.9 Å². The smallest absolute Gasteiger partial charge is 0.337 e. The number of carbonyl (C=O) groups excluding carboxylic acids is 1. The molecule has 0 radical (unpaired) electrons. The minimum absolute atomic E-state index is 0.0420. The number of carbonyl (C=O) groups is 1. The molecule has 1 saturated heterocycles. The van der Waals surface area contributed by atoms with E-state index in [4.69, 9.17) is 0 Å². The van der Waals surface area contributed by atoms with Gasteiger partial charge < -0.3 is 4.90 Å². The topological polar surface area (TPSA) is 35.9 Å². The Kier molecular flexibility index (Phi) is 6.00. The Hall–Kier alpha value is -2.50. The van der Waals surface area contributed by atoms with Crippen LogP contribution in [0.3, 0.4) is 0 Å². The van der Waals surface area contributed by atoms with E-state index in [9.17, 15) is 39.9 Å². The molecule has 0 aliphatic carbocycles. The summed E-state index contributed by atoms with van der Waals surface area (Å²) in [7, 11) is 0. The lowest BCUT2D eigenvalue weighted by Gasteiger charge is -2.33. The molecule has 1 aromatic carbocycles. The van der Waals surface area contributed by atoms with Crippen LogP contribution < -0.4 is 0 Å². The lowest BCUT2D eigenvalue weighted by atomic mass is 9.85. The van der Waals surface area contributed by atoms with Gasteiger partial charge in [-0.25, -0.2) is 8.78 Å². The van der Waals surface area contributed by atoms with Gasteiger partial charge in [0, 0.05) is 26.2 Å². The summed E-state index contributed by atoms with van der Waals surface area (Å²) < 4.78 is 105. The van der Waals surface area contributed by atoms with Gasteiger partial charge in [-0.2, -0.15) is 26.3 Å². The van der Waals surface area contributed by atoms with E-state index in [1.165, 1.54) is 9.80 Å². The summed E-state index contributed by atoms with van der Waals surface area (Å²) in [6.45, 7) is -0.789. The third-order valence-corrected chi connectivity index (χ3v) is 6.17. The predicted octanol–water partition coefficient (Wildman–Crippen LogP) is 4.32. The molecule has 12 heteroatoms. The number of nitrogens with zero attached hydrogens (tertiary/aromatic N) is 3. The molecule has 0 spiro atoms. The van der Waals surface area contributed by atoms with Crippen molar-refractivity contribution in [3.05, 3.63) is 46.0 Å². The minimum atomic E-state index is -5.07. The van der Waals surface area contributed by atoms with Crippen LogP contribution in [0.15, 0.2) is 28.3 Å². The number of rotatable bonds is 3. The van der Waals surface area contributed by atoms with E-state index in [1.54, 1.807) is 0 Å². The second-order valence-electron chi connectivity index (χ2n) is 8.40. The molecule has 0 atom stereocenters. The van der Waals surface area contributed by atoms with Gasteiger partial charge in [0.15, 0.2) is 11.6 Å². The summed E-state index contributed by atoms with van der Waals surface area (Å²) in [6, 6.07) is 1.58. The van der Waals surface area contributed by atoms with Crippen molar-refractivity contribution in [2.75, 3.05) is 39.3 Å². The maximum absolute atomic E-state index is 13.9. The second kappa shape index (κ2) is 8.37. The Morgan fingerprint density at radius 3 is 2.30 bits per heavy atom. The first-order valence-electron chi connectivity index (χ1n) is 10.2. The van der Waals surface area contributed by atoms with E-state index in [2.05, 4.69) is 4.99 Å². The average Bonchev–Trinajstić information content (AvgIpc) is 3.27. The third-order valence-electron chi connectivity index (χ3n) is 6.17. The van der Waals surface area contributed by atoms with Crippen molar-refractivity contribution in [2.45, 2.75) is 31.1 Å². The first-order valence-corrected chi connectivity index (χ1v) is 10.2. The number of likely N-dealkylation sites (tertiary alicyclic amines) is 1. The van der Waals surface area contributed by atoms with Crippen molar-refractivity contribution in [3.63, 3.8) is 0 Å². The van der Waals surface area contributed by atoms with Crippen LogP contribution in [0.4, 0.5) is 35.1 Å². The normalized spacial score (nSPS) is 20.5. The molecule has 180 valence electrons. The molecule has 0 N–H and O–H groups in total. The van der Waals surface area contributed by atoms with Crippen LogP contribution in [0.25, 0.3) is 0 Å². The maximum atomic E-state index is 13.9. The molecule has 0 aromatic heterocycles. The first kappa shape index (κ1) is 23.7. The van der Waals surface area contributed by atoms with Gasteiger partial charge in [-0.15, -0.1) is 0 Å². The Bertz CT molecular complexity index is 1020. The molecule has 1 aromatic rings. The van der Waals surface area contributed by atoms with Gasteiger partial charge in [-0.1, -0.05) is 6.07 Å². The number of benzene rings is 1. The van der Waals surface area contributed by atoms with Crippen LogP contribution in [0.2, 0.25) is 0 Å². The second-order valence-corrected chi connectivity index (χ2v) is 8.40. The molecule has 1 fully saturated rings. The molecule has 4 nitrogen and oxygen atoms in total. The van der Waals surface area contributed by atoms with E-state index in [-0.39, 0.29) is 56.8 Å². The Balaban J connectivity index is 1.43. The van der Waals surface area contributed by atoms with Crippen molar-refractivity contribution < 1.29 is 39.9 Å². The summed E-state index contributed by atoms with van der Waals surface area (Å²) in [6.07, 6.45) is -9.24. The predicted molar refractivity (Wildman–Crippen MR) is 102 cm³/mol. The summed E-state index contributed by atoms with van der Waals surface area (Å²) in [5.41, 5.74) is -0.745. The number of hydrogen-bond acceptors (Lipinski definition) is 3. The monoisotopic (exact) mass is 481 g/mol. The zero-order valence-corrected chi connectivity index (χ0v) is 17.2. The SMILES string of the molecule is O=C(C1=NCC2=C1CN(CC(F)(F)F)C2)N1CCC(c2ccc(F)c(F)c2C(F)(F)F)CC1. The van der Waals surface area contributed by atoms with Crippen molar-refractivity contribution in [1.82, 2.24) is 9.80 Å². The van der Waals surface area contributed by atoms with Crippen molar-refractivity contribution >= 4 is 11.6 Å². The summed E-state index contributed by atoms with van der Waals surface area (Å²) in [4.78, 5) is 19.7. The zero-order valence-electron chi connectivity index (χ0n) is 17.2. The lowest BCUT2D eigenvalue weighted by Crippen LogP contribution is -2.43. The molecule has 0 unspecified atom stereocenters. The van der Waals surface area contributed by atoms with Gasteiger partial charge >= 0.3 is 12.4 Å². The highest BCUT2D eigenvalue weighted by molar-refractivity contribution is 6.46. The number of amides is 1. The van der Waals surface area contributed by atoms with Crippen LogP contribution in [-0.4, -0.2) is 66.9 Å². The maximum Gasteiger partial charge on any atom is 0.419 e. The highest BCUT2D eigenvalue weighted by atomic mass is 19.4. The largest absolute Gasteiger partial charge is 0.419 e. The number of aliphatic imine (C=N–C) groups is 1. The van der Waals surface area contributed by atoms with E-state index in [0.717, 1.165) is 6.07 Å².